The van der Waals surface area contributed by atoms with E-state index in [9.17, 15) is 0 Å². The fourth-order valence-electron chi connectivity index (χ4n) is 3.05. The molecule has 6 heteroatoms. The van der Waals surface area contributed by atoms with Gasteiger partial charge in [0.15, 0.2) is 5.76 Å². The van der Waals surface area contributed by atoms with E-state index in [1.165, 1.54) is 11.1 Å². The van der Waals surface area contributed by atoms with Gasteiger partial charge >= 0.3 is 0 Å². The van der Waals surface area contributed by atoms with Gasteiger partial charge in [0.25, 0.3) is 0 Å². The fourth-order valence-corrected chi connectivity index (χ4v) is 3.34. The molecule has 4 rings (SSSR count). The van der Waals surface area contributed by atoms with Gasteiger partial charge in [-0.05, 0) is 23.6 Å². The van der Waals surface area contributed by atoms with E-state index in [0.29, 0.717) is 0 Å². The van der Waals surface area contributed by atoms with E-state index >= 15 is 0 Å². The Bertz CT molecular complexity index is 839. The molecule has 2 aromatic heterocycles. The predicted octanol–water partition coefficient (Wildman–Crippen LogP) is 3.29. The van der Waals surface area contributed by atoms with Crippen LogP contribution in [0, 0.1) is 0 Å². The molecule has 0 unspecified atom stereocenters. The third-order valence-electron chi connectivity index (χ3n) is 4.23. The maximum atomic E-state index is 6.27. The second-order valence-electron chi connectivity index (χ2n) is 5.92. The van der Waals surface area contributed by atoms with Crippen LogP contribution in [0.25, 0.3) is 11.3 Å². The van der Waals surface area contributed by atoms with Gasteiger partial charge in [0, 0.05) is 43.0 Å². The summed E-state index contributed by atoms with van der Waals surface area (Å²) < 4.78 is 7.25. The molecule has 0 spiro atoms. The summed E-state index contributed by atoms with van der Waals surface area (Å²) in [6, 6.07) is 8.12. The van der Waals surface area contributed by atoms with Gasteiger partial charge in [-0.2, -0.15) is 5.10 Å². The Morgan fingerprint density at radius 3 is 3.09 bits per heavy atom. The Balaban J connectivity index is 1.48. The fraction of sp³-hybridized carbons (Fsp3) is 0.294. The van der Waals surface area contributed by atoms with Gasteiger partial charge in [-0.15, -0.1) is 0 Å². The molecule has 0 saturated carbocycles. The lowest BCUT2D eigenvalue weighted by molar-refractivity contribution is 0.215. The van der Waals surface area contributed by atoms with Crippen LogP contribution in [0.15, 0.2) is 41.2 Å². The van der Waals surface area contributed by atoms with Gasteiger partial charge in [0.05, 0.1) is 12.7 Å². The van der Waals surface area contributed by atoms with E-state index in [1.54, 1.807) is 10.9 Å². The van der Waals surface area contributed by atoms with Crippen molar-refractivity contribution in [3.05, 3.63) is 58.6 Å². The summed E-state index contributed by atoms with van der Waals surface area (Å²) in [6.45, 7) is 2.61. The molecule has 3 aromatic rings. The molecule has 0 fully saturated rings. The molecule has 0 atom stereocenters. The molecule has 0 saturated heterocycles. The molecule has 23 heavy (non-hydrogen) atoms. The Morgan fingerprint density at radius 1 is 1.35 bits per heavy atom. The highest BCUT2D eigenvalue weighted by Gasteiger charge is 2.20. The lowest BCUT2D eigenvalue weighted by Gasteiger charge is -2.28. The highest BCUT2D eigenvalue weighted by molar-refractivity contribution is 6.31. The molecule has 0 radical (unpaired) electrons. The monoisotopic (exact) mass is 328 g/mol. The lowest BCUT2D eigenvalue weighted by atomic mass is 10.00. The molecular formula is C17H17ClN4O. The van der Waals surface area contributed by atoms with Gasteiger partial charge in [-0.25, -0.2) is 0 Å². The van der Waals surface area contributed by atoms with Crippen molar-refractivity contribution in [2.24, 2.45) is 7.05 Å². The van der Waals surface area contributed by atoms with E-state index in [4.69, 9.17) is 16.1 Å². The first-order chi connectivity index (χ1) is 11.2. The molecule has 1 aliphatic rings. The molecule has 5 nitrogen and oxygen atoms in total. The smallest absolute Gasteiger partial charge is 0.151 e. The molecular weight excluding hydrogens is 312 g/mol. The van der Waals surface area contributed by atoms with Crippen molar-refractivity contribution in [3.63, 3.8) is 0 Å². The van der Waals surface area contributed by atoms with Crippen molar-refractivity contribution in [2.45, 2.75) is 19.5 Å². The number of fused-ring (bicyclic) bond motifs is 1. The number of rotatable bonds is 3. The Hall–Kier alpha value is -2.11. The molecule has 1 aliphatic heterocycles. The summed E-state index contributed by atoms with van der Waals surface area (Å²) in [6.07, 6.45) is 4.69. The summed E-state index contributed by atoms with van der Waals surface area (Å²) in [7, 11) is 1.89. The van der Waals surface area contributed by atoms with Crippen LogP contribution < -0.4 is 0 Å². The highest BCUT2D eigenvalue weighted by Crippen LogP contribution is 2.27. The maximum absolute atomic E-state index is 6.27. The number of aryl methyl sites for hydroxylation is 1. The van der Waals surface area contributed by atoms with Gasteiger partial charge < -0.3 is 4.52 Å². The third-order valence-corrected chi connectivity index (χ3v) is 4.58. The standard InChI is InChI=1S/C17H17ClN4O/c1-21-9-13(8-19-21)17-7-14(23-20-17)11-22-6-5-15-12(10-22)3-2-4-16(15)18/h2-4,7-9H,5-6,10-11H2,1H3. The van der Waals surface area contributed by atoms with Crippen LogP contribution in [-0.4, -0.2) is 26.4 Å². The number of nitrogens with zero attached hydrogens (tertiary/aromatic N) is 4. The summed E-state index contributed by atoms with van der Waals surface area (Å²) in [5.41, 5.74) is 4.38. The van der Waals surface area contributed by atoms with Crippen molar-refractivity contribution in [1.29, 1.82) is 0 Å². The highest BCUT2D eigenvalue weighted by atomic mass is 35.5. The Morgan fingerprint density at radius 2 is 2.26 bits per heavy atom. The lowest BCUT2D eigenvalue weighted by Crippen LogP contribution is -2.30. The predicted molar refractivity (Wildman–Crippen MR) is 88.0 cm³/mol. The normalized spacial score (nSPS) is 14.9. The summed E-state index contributed by atoms with van der Waals surface area (Å²) in [5, 5.41) is 9.19. The average molecular weight is 329 g/mol. The molecule has 118 valence electrons. The minimum absolute atomic E-state index is 0.749. The van der Waals surface area contributed by atoms with E-state index in [1.807, 2.05) is 31.4 Å². The van der Waals surface area contributed by atoms with Crippen LogP contribution in [0.4, 0.5) is 0 Å². The summed E-state index contributed by atoms with van der Waals surface area (Å²) >= 11 is 6.27. The molecule has 0 bridgehead atoms. The first-order valence-electron chi connectivity index (χ1n) is 7.62. The van der Waals surface area contributed by atoms with Gasteiger partial charge in [0.1, 0.15) is 5.69 Å². The first-order valence-corrected chi connectivity index (χ1v) is 8.00. The molecule has 1 aromatic carbocycles. The average Bonchev–Trinajstić information content (AvgIpc) is 3.16. The quantitative estimate of drug-likeness (QED) is 0.740. The minimum atomic E-state index is 0.749. The van der Waals surface area contributed by atoms with Crippen LogP contribution in [0.2, 0.25) is 5.02 Å². The number of benzene rings is 1. The molecule has 0 aliphatic carbocycles. The zero-order valence-electron chi connectivity index (χ0n) is 12.9. The Kier molecular flexibility index (Phi) is 3.67. The third kappa shape index (κ3) is 2.90. The van der Waals surface area contributed by atoms with Crippen LogP contribution in [0.5, 0.6) is 0 Å². The topological polar surface area (TPSA) is 47.1 Å². The van der Waals surface area contributed by atoms with Crippen LogP contribution in [0.3, 0.4) is 0 Å². The van der Waals surface area contributed by atoms with Gasteiger partial charge in [-0.3, -0.25) is 9.58 Å². The van der Waals surface area contributed by atoms with Gasteiger partial charge in [-0.1, -0.05) is 28.9 Å². The van der Waals surface area contributed by atoms with E-state index < -0.39 is 0 Å². The van der Waals surface area contributed by atoms with Crippen molar-refractivity contribution in [3.8, 4) is 11.3 Å². The largest absolute Gasteiger partial charge is 0.359 e. The second kappa shape index (κ2) is 5.83. The van der Waals surface area contributed by atoms with E-state index in [2.05, 4.69) is 21.2 Å². The second-order valence-corrected chi connectivity index (χ2v) is 6.33. The number of halogens is 1. The number of hydrogen-bond donors (Lipinski definition) is 0. The molecule has 0 amide bonds. The van der Waals surface area contributed by atoms with Crippen molar-refractivity contribution in [1.82, 2.24) is 19.8 Å². The van der Waals surface area contributed by atoms with Crippen molar-refractivity contribution in [2.75, 3.05) is 6.54 Å². The minimum Gasteiger partial charge on any atom is -0.359 e. The van der Waals surface area contributed by atoms with Crippen LogP contribution in [0.1, 0.15) is 16.9 Å². The summed E-state index contributed by atoms with van der Waals surface area (Å²) in [5.74, 6) is 0.870. The van der Waals surface area contributed by atoms with Crippen LogP contribution in [-0.2, 0) is 26.6 Å². The number of hydrogen-bond acceptors (Lipinski definition) is 4. The number of aromatic nitrogens is 3. The molecule has 0 N–H and O–H groups in total. The first kappa shape index (κ1) is 14.5. The van der Waals surface area contributed by atoms with Crippen LogP contribution >= 0.6 is 11.6 Å². The molecule has 3 heterocycles. The van der Waals surface area contributed by atoms with Crippen molar-refractivity contribution >= 4 is 11.6 Å². The SMILES string of the molecule is Cn1cc(-c2cc(CN3CCc4c(Cl)cccc4C3)on2)cn1. The van der Waals surface area contributed by atoms with E-state index in [-0.39, 0.29) is 0 Å². The zero-order valence-corrected chi connectivity index (χ0v) is 13.6. The van der Waals surface area contributed by atoms with Crippen molar-refractivity contribution < 1.29 is 4.52 Å². The van der Waals surface area contributed by atoms with E-state index in [0.717, 1.165) is 48.1 Å². The maximum Gasteiger partial charge on any atom is 0.151 e. The zero-order chi connectivity index (χ0) is 15.8. The summed E-state index contributed by atoms with van der Waals surface area (Å²) in [4.78, 5) is 2.35. The van der Waals surface area contributed by atoms with Gasteiger partial charge in [0.2, 0.25) is 0 Å². The Labute approximate surface area is 139 Å².